The maximum atomic E-state index is 12.3. The highest BCUT2D eigenvalue weighted by atomic mass is 127. The molecule has 0 bridgehead atoms. The quantitative estimate of drug-likeness (QED) is 0.590. The standard InChI is InChI=1S/C7H2ClF2IN2/c8-4-1-5(11)13-6(7(9)10)3(4)2-12/h1,7H. The lowest BCUT2D eigenvalue weighted by Gasteiger charge is -2.03. The number of rotatable bonds is 1. The molecular formula is C7H2ClF2IN2. The van der Waals surface area contributed by atoms with Gasteiger partial charge < -0.3 is 0 Å². The van der Waals surface area contributed by atoms with Crippen molar-refractivity contribution < 1.29 is 8.78 Å². The summed E-state index contributed by atoms with van der Waals surface area (Å²) in [7, 11) is 0. The third kappa shape index (κ3) is 2.25. The summed E-state index contributed by atoms with van der Waals surface area (Å²) in [5, 5.41) is 8.54. The van der Waals surface area contributed by atoms with Crippen molar-refractivity contribution in [2.24, 2.45) is 0 Å². The first-order valence-corrected chi connectivity index (χ1v) is 4.56. The van der Waals surface area contributed by atoms with Crippen LogP contribution in [0.1, 0.15) is 17.7 Å². The monoisotopic (exact) mass is 314 g/mol. The third-order valence-corrected chi connectivity index (χ3v) is 2.14. The summed E-state index contributed by atoms with van der Waals surface area (Å²) in [4.78, 5) is 3.53. The van der Waals surface area contributed by atoms with E-state index in [1.165, 1.54) is 6.07 Å². The van der Waals surface area contributed by atoms with E-state index in [2.05, 4.69) is 4.98 Å². The Balaban J connectivity index is 3.41. The van der Waals surface area contributed by atoms with Gasteiger partial charge in [-0.05, 0) is 28.7 Å². The zero-order chi connectivity index (χ0) is 10.0. The normalized spacial score (nSPS) is 10.2. The summed E-state index contributed by atoms with van der Waals surface area (Å²) in [6.07, 6.45) is -2.78. The first-order valence-electron chi connectivity index (χ1n) is 3.10. The van der Waals surface area contributed by atoms with Crippen LogP contribution >= 0.6 is 34.2 Å². The molecule has 0 aliphatic carbocycles. The molecule has 0 fully saturated rings. The highest BCUT2D eigenvalue weighted by Gasteiger charge is 2.18. The lowest BCUT2D eigenvalue weighted by Crippen LogP contribution is -1.98. The third-order valence-electron chi connectivity index (χ3n) is 1.29. The second kappa shape index (κ2) is 4.15. The molecule has 0 saturated heterocycles. The van der Waals surface area contributed by atoms with Gasteiger partial charge in [0.25, 0.3) is 6.43 Å². The van der Waals surface area contributed by atoms with Gasteiger partial charge in [-0.2, -0.15) is 5.26 Å². The number of hydrogen-bond donors (Lipinski definition) is 0. The Morgan fingerprint density at radius 3 is 2.69 bits per heavy atom. The predicted octanol–water partition coefficient (Wildman–Crippen LogP) is 3.15. The maximum absolute atomic E-state index is 12.3. The van der Waals surface area contributed by atoms with Crippen molar-refractivity contribution in [2.75, 3.05) is 0 Å². The van der Waals surface area contributed by atoms with Gasteiger partial charge in [0.05, 0.1) is 10.6 Å². The molecular weight excluding hydrogens is 312 g/mol. The Morgan fingerprint density at radius 2 is 2.23 bits per heavy atom. The largest absolute Gasteiger partial charge is 0.281 e. The van der Waals surface area contributed by atoms with Crippen molar-refractivity contribution in [3.63, 3.8) is 0 Å². The molecule has 1 aromatic heterocycles. The second-order valence-electron chi connectivity index (χ2n) is 2.10. The molecule has 0 radical (unpaired) electrons. The van der Waals surface area contributed by atoms with E-state index in [0.717, 1.165) is 0 Å². The molecule has 0 atom stereocenters. The molecule has 0 aliphatic heterocycles. The van der Waals surface area contributed by atoms with Crippen LogP contribution in [0.3, 0.4) is 0 Å². The topological polar surface area (TPSA) is 36.7 Å². The number of hydrogen-bond acceptors (Lipinski definition) is 2. The number of nitrogens with zero attached hydrogens (tertiary/aromatic N) is 2. The van der Waals surface area contributed by atoms with E-state index in [1.807, 2.05) is 0 Å². The molecule has 0 N–H and O–H groups in total. The minimum Gasteiger partial charge on any atom is -0.239 e. The van der Waals surface area contributed by atoms with Crippen LogP contribution in [-0.4, -0.2) is 4.98 Å². The molecule has 0 aliphatic rings. The Morgan fingerprint density at radius 1 is 1.62 bits per heavy atom. The number of aromatic nitrogens is 1. The van der Waals surface area contributed by atoms with Crippen molar-refractivity contribution in [3.05, 3.63) is 26.0 Å². The Kier molecular flexibility index (Phi) is 3.39. The van der Waals surface area contributed by atoms with E-state index >= 15 is 0 Å². The van der Waals surface area contributed by atoms with Gasteiger partial charge in [0, 0.05) is 0 Å². The summed E-state index contributed by atoms with van der Waals surface area (Å²) in [5.41, 5.74) is -0.809. The SMILES string of the molecule is N#Cc1c(Cl)cc(I)nc1C(F)F. The molecule has 13 heavy (non-hydrogen) atoms. The first-order chi connectivity index (χ1) is 6.06. The number of alkyl halides is 2. The van der Waals surface area contributed by atoms with E-state index in [9.17, 15) is 8.78 Å². The number of pyridine rings is 1. The Hall–Kier alpha value is -0.480. The van der Waals surface area contributed by atoms with E-state index < -0.39 is 12.1 Å². The van der Waals surface area contributed by atoms with Crippen LogP contribution in [0.5, 0.6) is 0 Å². The van der Waals surface area contributed by atoms with Gasteiger partial charge in [-0.25, -0.2) is 13.8 Å². The van der Waals surface area contributed by atoms with Crippen molar-refractivity contribution in [3.8, 4) is 6.07 Å². The molecule has 68 valence electrons. The summed E-state index contributed by atoms with van der Waals surface area (Å²) in [6.45, 7) is 0. The van der Waals surface area contributed by atoms with E-state index in [1.54, 1.807) is 28.7 Å². The summed E-state index contributed by atoms with van der Waals surface area (Å²) < 4.78 is 24.9. The Bertz CT molecular complexity index is 375. The minimum absolute atomic E-state index is 0.0113. The van der Waals surface area contributed by atoms with Crippen LogP contribution in [0.2, 0.25) is 5.02 Å². The Labute approximate surface area is 91.7 Å². The van der Waals surface area contributed by atoms with Crippen LogP contribution in [0, 0.1) is 15.0 Å². The average Bonchev–Trinajstić information content (AvgIpc) is 2.02. The fraction of sp³-hybridized carbons (Fsp3) is 0.143. The van der Waals surface area contributed by atoms with E-state index in [-0.39, 0.29) is 10.6 Å². The predicted molar refractivity (Wildman–Crippen MR) is 51.6 cm³/mol. The van der Waals surface area contributed by atoms with E-state index in [0.29, 0.717) is 3.70 Å². The highest BCUT2D eigenvalue weighted by Crippen LogP contribution is 2.27. The van der Waals surface area contributed by atoms with Crippen LogP contribution in [-0.2, 0) is 0 Å². The van der Waals surface area contributed by atoms with Gasteiger partial charge in [0.1, 0.15) is 15.5 Å². The van der Waals surface area contributed by atoms with Gasteiger partial charge in [-0.15, -0.1) is 0 Å². The second-order valence-corrected chi connectivity index (χ2v) is 3.61. The van der Waals surface area contributed by atoms with Gasteiger partial charge in [-0.3, -0.25) is 0 Å². The fourth-order valence-corrected chi connectivity index (χ4v) is 1.77. The highest BCUT2D eigenvalue weighted by molar-refractivity contribution is 14.1. The van der Waals surface area contributed by atoms with Crippen molar-refractivity contribution in [1.82, 2.24) is 4.98 Å². The van der Waals surface area contributed by atoms with E-state index in [4.69, 9.17) is 16.9 Å². The van der Waals surface area contributed by atoms with Gasteiger partial charge >= 0.3 is 0 Å². The first kappa shape index (κ1) is 10.6. The van der Waals surface area contributed by atoms with Crippen molar-refractivity contribution in [2.45, 2.75) is 6.43 Å². The summed E-state index contributed by atoms with van der Waals surface area (Å²) in [5.74, 6) is 0. The average molecular weight is 314 g/mol. The zero-order valence-electron chi connectivity index (χ0n) is 6.06. The molecule has 0 unspecified atom stereocenters. The molecule has 0 aromatic carbocycles. The van der Waals surface area contributed by atoms with Crippen LogP contribution < -0.4 is 0 Å². The zero-order valence-corrected chi connectivity index (χ0v) is 8.97. The number of halogens is 4. The summed E-state index contributed by atoms with van der Waals surface area (Å²) in [6, 6.07) is 2.96. The number of nitriles is 1. The van der Waals surface area contributed by atoms with Gasteiger partial charge in [0.2, 0.25) is 0 Å². The van der Waals surface area contributed by atoms with Crippen LogP contribution in [0.15, 0.2) is 6.07 Å². The lowest BCUT2D eigenvalue weighted by molar-refractivity contribution is 0.145. The molecule has 1 rings (SSSR count). The smallest absolute Gasteiger partial charge is 0.239 e. The molecule has 6 heteroatoms. The molecule has 2 nitrogen and oxygen atoms in total. The summed E-state index contributed by atoms with van der Waals surface area (Å²) >= 11 is 7.34. The molecule has 0 saturated carbocycles. The van der Waals surface area contributed by atoms with Gasteiger partial charge in [-0.1, -0.05) is 11.6 Å². The molecule has 1 heterocycles. The van der Waals surface area contributed by atoms with Crippen molar-refractivity contribution in [1.29, 1.82) is 5.26 Å². The molecule has 0 amide bonds. The van der Waals surface area contributed by atoms with Crippen LogP contribution in [0.4, 0.5) is 8.78 Å². The molecule has 0 spiro atoms. The van der Waals surface area contributed by atoms with Crippen LogP contribution in [0.25, 0.3) is 0 Å². The van der Waals surface area contributed by atoms with Gasteiger partial charge in [0.15, 0.2) is 0 Å². The lowest BCUT2D eigenvalue weighted by atomic mass is 10.2. The fourth-order valence-electron chi connectivity index (χ4n) is 0.771. The maximum Gasteiger partial charge on any atom is 0.281 e. The minimum atomic E-state index is -2.78. The van der Waals surface area contributed by atoms with Crippen molar-refractivity contribution >= 4 is 34.2 Å². The molecule has 1 aromatic rings.